The van der Waals surface area contributed by atoms with Gasteiger partial charge in [0, 0.05) is 37.9 Å². The van der Waals surface area contributed by atoms with Crippen molar-refractivity contribution >= 4 is 0 Å². The van der Waals surface area contributed by atoms with Gasteiger partial charge in [0.05, 0.1) is 12.2 Å². The van der Waals surface area contributed by atoms with Crippen molar-refractivity contribution in [3.05, 3.63) is 59.4 Å². The van der Waals surface area contributed by atoms with Gasteiger partial charge in [-0.25, -0.2) is 4.39 Å². The predicted molar refractivity (Wildman–Crippen MR) is 112 cm³/mol. The number of benzene rings is 2. The van der Waals surface area contributed by atoms with Crippen molar-refractivity contribution < 1.29 is 23.3 Å². The van der Waals surface area contributed by atoms with Gasteiger partial charge in [-0.2, -0.15) is 0 Å². The Labute approximate surface area is 177 Å². The molecule has 0 aliphatic carbocycles. The average Bonchev–Trinajstić information content (AvgIpc) is 3.47. The molecule has 0 saturated carbocycles. The normalized spacial score (nSPS) is 21.1. The van der Waals surface area contributed by atoms with Gasteiger partial charge in [-0.15, -0.1) is 0 Å². The molecule has 2 aliphatic heterocycles. The van der Waals surface area contributed by atoms with Crippen LogP contribution >= 0.6 is 0 Å². The SMILES string of the molecule is Fc1ccc(CNCc2ccc(OCC3CCCO3)cc2OCC2CCCO2)cc1. The monoisotopic (exact) mass is 415 g/mol. The molecule has 5 nitrogen and oxygen atoms in total. The highest BCUT2D eigenvalue weighted by atomic mass is 19.1. The second kappa shape index (κ2) is 10.8. The summed E-state index contributed by atoms with van der Waals surface area (Å²) in [5.74, 6) is 1.37. The molecule has 0 spiro atoms. The van der Waals surface area contributed by atoms with Crippen molar-refractivity contribution in [2.45, 2.75) is 51.0 Å². The maximum absolute atomic E-state index is 13.1. The highest BCUT2D eigenvalue weighted by Gasteiger charge is 2.18. The lowest BCUT2D eigenvalue weighted by atomic mass is 10.1. The lowest BCUT2D eigenvalue weighted by Crippen LogP contribution is -2.19. The summed E-state index contributed by atoms with van der Waals surface area (Å²) in [4.78, 5) is 0. The smallest absolute Gasteiger partial charge is 0.127 e. The van der Waals surface area contributed by atoms with Gasteiger partial charge in [0.2, 0.25) is 0 Å². The van der Waals surface area contributed by atoms with Crippen LogP contribution in [0.25, 0.3) is 0 Å². The molecule has 0 radical (unpaired) electrons. The third-order valence-corrected chi connectivity index (χ3v) is 5.51. The fraction of sp³-hybridized carbons (Fsp3) is 0.500. The summed E-state index contributed by atoms with van der Waals surface area (Å²) in [5.41, 5.74) is 2.09. The lowest BCUT2D eigenvalue weighted by molar-refractivity contribution is 0.0652. The summed E-state index contributed by atoms with van der Waals surface area (Å²) in [7, 11) is 0. The van der Waals surface area contributed by atoms with Crippen LogP contribution in [-0.4, -0.2) is 38.6 Å². The maximum Gasteiger partial charge on any atom is 0.127 e. The molecule has 2 aromatic carbocycles. The molecule has 4 rings (SSSR count). The van der Waals surface area contributed by atoms with Crippen molar-refractivity contribution in [2.24, 2.45) is 0 Å². The Kier molecular flexibility index (Phi) is 7.56. The Morgan fingerprint density at radius 2 is 1.57 bits per heavy atom. The van der Waals surface area contributed by atoms with Gasteiger partial charge in [0.1, 0.15) is 30.5 Å². The van der Waals surface area contributed by atoms with E-state index in [4.69, 9.17) is 18.9 Å². The second-order valence-electron chi connectivity index (χ2n) is 7.89. The lowest BCUT2D eigenvalue weighted by Gasteiger charge is -2.17. The maximum atomic E-state index is 13.1. The Morgan fingerprint density at radius 1 is 0.867 bits per heavy atom. The molecular weight excluding hydrogens is 385 g/mol. The minimum absolute atomic E-state index is 0.154. The van der Waals surface area contributed by atoms with Gasteiger partial charge >= 0.3 is 0 Å². The van der Waals surface area contributed by atoms with Crippen molar-refractivity contribution in [3.63, 3.8) is 0 Å². The predicted octanol–water partition coefficient (Wildman–Crippen LogP) is 4.23. The van der Waals surface area contributed by atoms with Gasteiger partial charge in [0.25, 0.3) is 0 Å². The first-order chi connectivity index (χ1) is 14.8. The molecule has 0 aromatic heterocycles. The zero-order valence-electron chi connectivity index (χ0n) is 17.3. The van der Waals surface area contributed by atoms with Crippen LogP contribution < -0.4 is 14.8 Å². The number of hydrogen-bond donors (Lipinski definition) is 1. The van der Waals surface area contributed by atoms with Crippen LogP contribution in [0.4, 0.5) is 4.39 Å². The summed E-state index contributed by atoms with van der Waals surface area (Å²) in [6.07, 6.45) is 4.61. The van der Waals surface area contributed by atoms with E-state index in [9.17, 15) is 4.39 Å². The van der Waals surface area contributed by atoms with Crippen molar-refractivity contribution in [1.29, 1.82) is 0 Å². The van der Waals surface area contributed by atoms with E-state index >= 15 is 0 Å². The van der Waals surface area contributed by atoms with E-state index in [-0.39, 0.29) is 18.0 Å². The van der Waals surface area contributed by atoms with Crippen LogP contribution in [0, 0.1) is 5.82 Å². The standard InChI is InChI=1S/C24H30FNO4/c25-20-8-5-18(6-9-20)14-26-15-19-7-10-21(29-16-22-3-1-11-27-22)13-24(19)30-17-23-4-2-12-28-23/h5-10,13,22-23,26H,1-4,11-12,14-17H2. The summed E-state index contributed by atoms with van der Waals surface area (Å²) < 4.78 is 36.5. The van der Waals surface area contributed by atoms with E-state index in [1.54, 1.807) is 12.1 Å². The van der Waals surface area contributed by atoms with Crippen LogP contribution in [0.2, 0.25) is 0 Å². The van der Waals surface area contributed by atoms with Gasteiger partial charge < -0.3 is 24.3 Å². The Balaban J connectivity index is 1.36. The summed E-state index contributed by atoms with van der Waals surface area (Å²) in [5, 5.41) is 3.41. The van der Waals surface area contributed by atoms with Crippen LogP contribution in [-0.2, 0) is 22.6 Å². The Morgan fingerprint density at radius 3 is 2.23 bits per heavy atom. The van der Waals surface area contributed by atoms with Crippen molar-refractivity contribution in [3.8, 4) is 11.5 Å². The Hall–Kier alpha value is -2.15. The molecule has 6 heteroatoms. The molecule has 2 aromatic rings. The first kappa shape index (κ1) is 21.1. The molecule has 162 valence electrons. The van der Waals surface area contributed by atoms with Crippen LogP contribution in [0.3, 0.4) is 0 Å². The zero-order valence-corrected chi connectivity index (χ0v) is 17.3. The third kappa shape index (κ3) is 6.17. The minimum Gasteiger partial charge on any atom is -0.491 e. The highest BCUT2D eigenvalue weighted by Crippen LogP contribution is 2.27. The number of nitrogens with one attached hydrogen (secondary N) is 1. The van der Waals surface area contributed by atoms with Gasteiger partial charge in [0.15, 0.2) is 0 Å². The summed E-state index contributed by atoms with van der Waals surface area (Å²) >= 11 is 0. The number of hydrogen-bond acceptors (Lipinski definition) is 5. The fourth-order valence-electron chi connectivity index (χ4n) is 3.77. The van der Waals surface area contributed by atoms with Crippen LogP contribution in [0.1, 0.15) is 36.8 Å². The summed E-state index contributed by atoms with van der Waals surface area (Å²) in [6, 6.07) is 12.5. The quantitative estimate of drug-likeness (QED) is 0.629. The molecular formula is C24H30FNO4. The molecule has 2 atom stereocenters. The second-order valence-corrected chi connectivity index (χ2v) is 7.89. The van der Waals surface area contributed by atoms with Gasteiger partial charge in [-0.05, 0) is 49.4 Å². The molecule has 2 fully saturated rings. The zero-order chi connectivity index (χ0) is 20.6. The van der Waals surface area contributed by atoms with Gasteiger partial charge in [-0.1, -0.05) is 18.2 Å². The Bertz CT molecular complexity index is 786. The van der Waals surface area contributed by atoms with Gasteiger partial charge in [-0.3, -0.25) is 0 Å². The minimum atomic E-state index is -0.220. The van der Waals surface area contributed by atoms with Crippen LogP contribution in [0.15, 0.2) is 42.5 Å². The van der Waals surface area contributed by atoms with Crippen molar-refractivity contribution in [2.75, 3.05) is 26.4 Å². The van der Waals surface area contributed by atoms with E-state index < -0.39 is 0 Å². The number of rotatable bonds is 10. The highest BCUT2D eigenvalue weighted by molar-refractivity contribution is 5.41. The average molecular weight is 416 g/mol. The molecule has 0 bridgehead atoms. The third-order valence-electron chi connectivity index (χ3n) is 5.51. The van der Waals surface area contributed by atoms with E-state index in [1.807, 2.05) is 18.2 Å². The van der Waals surface area contributed by atoms with E-state index in [1.165, 1.54) is 12.1 Å². The molecule has 2 heterocycles. The summed E-state index contributed by atoms with van der Waals surface area (Å²) in [6.45, 7) is 4.04. The molecule has 0 amide bonds. The van der Waals surface area contributed by atoms with Crippen LogP contribution in [0.5, 0.6) is 11.5 Å². The van der Waals surface area contributed by atoms with Crippen molar-refractivity contribution in [1.82, 2.24) is 5.32 Å². The number of halogens is 1. The molecule has 30 heavy (non-hydrogen) atoms. The number of ether oxygens (including phenoxy) is 4. The van der Waals surface area contributed by atoms with E-state index in [0.29, 0.717) is 26.3 Å². The first-order valence-corrected chi connectivity index (χ1v) is 10.8. The molecule has 2 unspecified atom stereocenters. The van der Waals surface area contributed by atoms with E-state index in [0.717, 1.165) is 61.5 Å². The topological polar surface area (TPSA) is 49.0 Å². The molecule has 2 saturated heterocycles. The molecule has 2 aliphatic rings. The largest absolute Gasteiger partial charge is 0.491 e. The first-order valence-electron chi connectivity index (χ1n) is 10.8. The van der Waals surface area contributed by atoms with E-state index in [2.05, 4.69) is 5.32 Å². The molecule has 1 N–H and O–H groups in total. The fourth-order valence-corrected chi connectivity index (χ4v) is 3.77.